The Morgan fingerprint density at radius 1 is 1.45 bits per heavy atom. The third-order valence-electron chi connectivity index (χ3n) is 3.36. The third-order valence-corrected chi connectivity index (χ3v) is 4.22. The molecule has 3 N–H and O–H groups in total. The van der Waals surface area contributed by atoms with Crippen LogP contribution in [0.2, 0.25) is 0 Å². The Bertz CT molecular complexity index is 642. The fraction of sp³-hybridized carbons (Fsp3) is 0.214. The monoisotopic (exact) mass is 291 g/mol. The van der Waals surface area contributed by atoms with Crippen molar-refractivity contribution in [3.8, 4) is 5.75 Å². The zero-order valence-corrected chi connectivity index (χ0v) is 11.5. The van der Waals surface area contributed by atoms with Crippen LogP contribution in [0.1, 0.15) is 16.5 Å². The fourth-order valence-corrected chi connectivity index (χ4v) is 3.01. The number of hydrogen-bond donors (Lipinski definition) is 2. The molecule has 3 rings (SSSR count). The molecule has 2 aromatic rings. The first-order valence-corrected chi connectivity index (χ1v) is 7.10. The van der Waals surface area contributed by atoms with E-state index in [9.17, 15) is 9.50 Å². The number of thiophene rings is 1. The summed E-state index contributed by atoms with van der Waals surface area (Å²) >= 11 is 1.65. The van der Waals surface area contributed by atoms with E-state index in [1.54, 1.807) is 17.4 Å². The van der Waals surface area contributed by atoms with Gasteiger partial charge >= 0.3 is 0 Å². The molecule has 6 heteroatoms. The van der Waals surface area contributed by atoms with Gasteiger partial charge in [0, 0.05) is 4.88 Å². The molecule has 20 heavy (non-hydrogen) atoms. The molecule has 0 amide bonds. The maximum absolute atomic E-state index is 13.5. The molecule has 0 radical (unpaired) electrons. The molecule has 0 saturated carbocycles. The van der Waals surface area contributed by atoms with Gasteiger partial charge < -0.3 is 15.7 Å². The van der Waals surface area contributed by atoms with E-state index in [4.69, 9.17) is 5.73 Å². The van der Waals surface area contributed by atoms with Gasteiger partial charge in [-0.05, 0) is 29.1 Å². The SMILES string of the molecule is NC1=NCC(c2ccc(O)c(F)c2)N1Cc1cccs1. The number of guanidine groups is 1. The quantitative estimate of drug-likeness (QED) is 0.913. The van der Waals surface area contributed by atoms with Gasteiger partial charge in [0.1, 0.15) is 0 Å². The van der Waals surface area contributed by atoms with Gasteiger partial charge in [0.15, 0.2) is 17.5 Å². The number of halogens is 1. The van der Waals surface area contributed by atoms with Crippen LogP contribution in [0.25, 0.3) is 0 Å². The van der Waals surface area contributed by atoms with Crippen molar-refractivity contribution in [2.45, 2.75) is 12.6 Å². The van der Waals surface area contributed by atoms with E-state index in [1.165, 1.54) is 17.0 Å². The normalized spacial score (nSPS) is 18.4. The third kappa shape index (κ3) is 2.34. The number of aromatic hydroxyl groups is 1. The summed E-state index contributed by atoms with van der Waals surface area (Å²) in [4.78, 5) is 7.38. The van der Waals surface area contributed by atoms with Gasteiger partial charge in [0.2, 0.25) is 0 Å². The standard InChI is InChI=1S/C14H14FN3OS/c15-11-6-9(3-4-13(11)19)12-7-17-14(16)18(12)8-10-2-1-5-20-10/h1-6,12,19H,7-8H2,(H2,16,17). The number of aliphatic imine (C=N–C) groups is 1. The van der Waals surface area contributed by atoms with E-state index in [-0.39, 0.29) is 11.8 Å². The van der Waals surface area contributed by atoms with E-state index in [1.807, 2.05) is 22.4 Å². The van der Waals surface area contributed by atoms with Crippen LogP contribution < -0.4 is 5.73 Å². The van der Waals surface area contributed by atoms with Crippen molar-refractivity contribution in [3.05, 3.63) is 52.0 Å². The Morgan fingerprint density at radius 3 is 3.00 bits per heavy atom. The Balaban J connectivity index is 1.86. The highest BCUT2D eigenvalue weighted by Crippen LogP contribution is 2.30. The number of hydrogen-bond acceptors (Lipinski definition) is 5. The molecule has 1 aliphatic rings. The van der Waals surface area contributed by atoms with Gasteiger partial charge in [-0.2, -0.15) is 0 Å². The lowest BCUT2D eigenvalue weighted by atomic mass is 10.1. The van der Waals surface area contributed by atoms with Gasteiger partial charge in [-0.25, -0.2) is 4.39 Å². The number of rotatable bonds is 3. The summed E-state index contributed by atoms with van der Waals surface area (Å²) in [6.45, 7) is 1.15. The van der Waals surface area contributed by atoms with Crippen LogP contribution in [-0.4, -0.2) is 22.5 Å². The highest BCUT2D eigenvalue weighted by molar-refractivity contribution is 7.09. The van der Waals surface area contributed by atoms with Crippen molar-refractivity contribution in [1.82, 2.24) is 4.90 Å². The first kappa shape index (κ1) is 12.9. The highest BCUT2D eigenvalue weighted by Gasteiger charge is 2.28. The number of nitrogens with zero attached hydrogens (tertiary/aromatic N) is 2. The molecule has 1 atom stereocenters. The van der Waals surface area contributed by atoms with E-state index < -0.39 is 5.82 Å². The molecule has 2 heterocycles. The average molecular weight is 291 g/mol. The fourth-order valence-electron chi connectivity index (χ4n) is 2.31. The minimum absolute atomic E-state index is 0.0906. The van der Waals surface area contributed by atoms with E-state index in [0.29, 0.717) is 19.0 Å². The topological polar surface area (TPSA) is 61.9 Å². The van der Waals surface area contributed by atoms with Crippen LogP contribution in [0.5, 0.6) is 5.75 Å². The second-order valence-electron chi connectivity index (χ2n) is 4.63. The van der Waals surface area contributed by atoms with Gasteiger partial charge in [-0.1, -0.05) is 12.1 Å². The van der Waals surface area contributed by atoms with Crippen LogP contribution in [0.3, 0.4) is 0 Å². The summed E-state index contributed by atoms with van der Waals surface area (Å²) in [5.41, 5.74) is 6.69. The maximum Gasteiger partial charge on any atom is 0.192 e. The van der Waals surface area contributed by atoms with Crippen LogP contribution in [0, 0.1) is 5.82 Å². The number of benzene rings is 1. The molecule has 1 aromatic heterocycles. The molecular weight excluding hydrogens is 277 g/mol. The van der Waals surface area contributed by atoms with Crippen LogP contribution >= 0.6 is 11.3 Å². The Morgan fingerprint density at radius 2 is 2.30 bits per heavy atom. The molecule has 0 fully saturated rings. The van der Waals surface area contributed by atoms with Crippen molar-refractivity contribution in [1.29, 1.82) is 0 Å². The summed E-state index contributed by atoms with van der Waals surface area (Å²) in [5, 5.41) is 11.3. The second kappa shape index (κ2) is 5.13. The molecular formula is C14H14FN3OS. The lowest BCUT2D eigenvalue weighted by Crippen LogP contribution is -2.35. The first-order chi connectivity index (χ1) is 9.65. The minimum atomic E-state index is -0.621. The molecule has 0 bridgehead atoms. The number of phenolic OH excluding ortho intramolecular Hbond substituents is 1. The number of phenols is 1. The first-order valence-electron chi connectivity index (χ1n) is 6.22. The van der Waals surface area contributed by atoms with Crippen LogP contribution in [-0.2, 0) is 6.54 Å². The molecule has 1 aliphatic heterocycles. The average Bonchev–Trinajstić information content (AvgIpc) is 3.05. The van der Waals surface area contributed by atoms with Gasteiger partial charge in [0.25, 0.3) is 0 Å². The zero-order chi connectivity index (χ0) is 14.1. The summed E-state index contributed by atoms with van der Waals surface area (Å²) in [6, 6.07) is 8.34. The summed E-state index contributed by atoms with van der Waals surface area (Å²) < 4.78 is 13.5. The molecule has 0 spiro atoms. The van der Waals surface area contributed by atoms with Gasteiger partial charge in [-0.15, -0.1) is 11.3 Å². The zero-order valence-electron chi connectivity index (χ0n) is 10.7. The van der Waals surface area contributed by atoms with E-state index >= 15 is 0 Å². The molecule has 0 saturated heterocycles. The molecule has 1 unspecified atom stereocenters. The predicted molar refractivity (Wildman–Crippen MR) is 77.2 cm³/mol. The lowest BCUT2D eigenvalue weighted by Gasteiger charge is -2.26. The van der Waals surface area contributed by atoms with Crippen molar-refractivity contribution < 1.29 is 9.50 Å². The van der Waals surface area contributed by atoms with Crippen LogP contribution in [0.4, 0.5) is 4.39 Å². The largest absolute Gasteiger partial charge is 0.505 e. The summed E-state index contributed by atoms with van der Waals surface area (Å²) in [7, 11) is 0. The minimum Gasteiger partial charge on any atom is -0.505 e. The van der Waals surface area contributed by atoms with E-state index in [0.717, 1.165) is 5.56 Å². The van der Waals surface area contributed by atoms with Crippen molar-refractivity contribution in [2.24, 2.45) is 10.7 Å². The molecule has 1 aromatic carbocycles. The highest BCUT2D eigenvalue weighted by atomic mass is 32.1. The predicted octanol–water partition coefficient (Wildman–Crippen LogP) is 2.46. The maximum atomic E-state index is 13.5. The second-order valence-corrected chi connectivity index (χ2v) is 5.67. The Kier molecular flexibility index (Phi) is 3.31. The smallest absolute Gasteiger partial charge is 0.192 e. The van der Waals surface area contributed by atoms with Gasteiger partial charge in [-0.3, -0.25) is 4.99 Å². The van der Waals surface area contributed by atoms with Crippen molar-refractivity contribution >= 4 is 17.3 Å². The molecule has 4 nitrogen and oxygen atoms in total. The summed E-state index contributed by atoms with van der Waals surface area (Å²) in [6.07, 6.45) is 0. The Labute approximate surface area is 120 Å². The molecule has 0 aliphatic carbocycles. The summed E-state index contributed by atoms with van der Waals surface area (Å²) in [5.74, 6) is -0.494. The van der Waals surface area contributed by atoms with Crippen molar-refractivity contribution in [3.63, 3.8) is 0 Å². The Hall–Kier alpha value is -2.08. The lowest BCUT2D eigenvalue weighted by molar-refractivity contribution is 0.341. The van der Waals surface area contributed by atoms with E-state index in [2.05, 4.69) is 4.99 Å². The van der Waals surface area contributed by atoms with Gasteiger partial charge in [0.05, 0.1) is 19.1 Å². The van der Waals surface area contributed by atoms with Crippen molar-refractivity contribution in [2.75, 3.05) is 6.54 Å². The molecule has 104 valence electrons. The van der Waals surface area contributed by atoms with Crippen LogP contribution in [0.15, 0.2) is 40.7 Å². The number of nitrogens with two attached hydrogens (primary N) is 1.